The number of amides is 1. The zero-order valence-corrected chi connectivity index (χ0v) is 15.4. The Balaban J connectivity index is 1.85. The quantitative estimate of drug-likeness (QED) is 0.561. The molecule has 25 heavy (non-hydrogen) atoms. The normalized spacial score (nSPS) is 12.2. The van der Waals surface area contributed by atoms with Crippen LogP contribution in [0.2, 0.25) is 0 Å². The van der Waals surface area contributed by atoms with E-state index < -0.39 is 6.04 Å². The Morgan fingerprint density at radius 2 is 1.72 bits per heavy atom. The highest BCUT2D eigenvalue weighted by Gasteiger charge is 2.21. The van der Waals surface area contributed by atoms with Crippen molar-refractivity contribution in [1.29, 1.82) is 0 Å². The molecule has 4 heteroatoms. The van der Waals surface area contributed by atoms with Gasteiger partial charge >= 0.3 is 0 Å². The molecule has 0 saturated heterocycles. The fraction of sp³-hybridized carbons (Fsp3) is 0.524. The second kappa shape index (κ2) is 10.0. The smallest absolute Gasteiger partial charge is 0.220 e. The molecular weight excluding hydrogens is 312 g/mol. The van der Waals surface area contributed by atoms with Crippen LogP contribution < -0.4 is 5.32 Å². The highest BCUT2D eigenvalue weighted by Crippen LogP contribution is 2.25. The molecule has 0 bridgehead atoms. The number of aromatic nitrogens is 1. The fourth-order valence-corrected chi connectivity index (χ4v) is 3.21. The SMILES string of the molecule is CCCCCCCCCC(=O)NC(C(C)=O)c1c[nH]c2ccccc12. The summed E-state index contributed by atoms with van der Waals surface area (Å²) in [5.41, 5.74) is 1.82. The Hall–Kier alpha value is -2.10. The van der Waals surface area contributed by atoms with E-state index in [1.54, 1.807) is 0 Å². The van der Waals surface area contributed by atoms with Crippen LogP contribution in [-0.2, 0) is 9.59 Å². The maximum Gasteiger partial charge on any atom is 0.220 e. The number of nitrogens with one attached hydrogen (secondary N) is 2. The van der Waals surface area contributed by atoms with Crippen LogP contribution in [0.3, 0.4) is 0 Å². The Morgan fingerprint density at radius 3 is 2.44 bits per heavy atom. The fourth-order valence-electron chi connectivity index (χ4n) is 3.21. The van der Waals surface area contributed by atoms with Gasteiger partial charge in [-0.1, -0.05) is 63.6 Å². The zero-order chi connectivity index (χ0) is 18.1. The molecule has 136 valence electrons. The van der Waals surface area contributed by atoms with E-state index in [4.69, 9.17) is 0 Å². The minimum Gasteiger partial charge on any atom is -0.361 e. The molecule has 1 aromatic heterocycles. The maximum atomic E-state index is 12.3. The number of carbonyl (C=O) groups is 2. The summed E-state index contributed by atoms with van der Waals surface area (Å²) in [5.74, 6) is -0.0864. The molecule has 1 aromatic carbocycles. The molecular formula is C21H30N2O2. The van der Waals surface area contributed by atoms with Crippen LogP contribution in [0.4, 0.5) is 0 Å². The van der Waals surface area contributed by atoms with Crippen molar-refractivity contribution >= 4 is 22.6 Å². The molecule has 2 rings (SSSR count). The Kier molecular flexibility index (Phi) is 7.71. The van der Waals surface area contributed by atoms with Crippen molar-refractivity contribution in [1.82, 2.24) is 10.3 Å². The molecule has 1 unspecified atom stereocenters. The van der Waals surface area contributed by atoms with Crippen molar-refractivity contribution in [2.24, 2.45) is 0 Å². The van der Waals surface area contributed by atoms with Gasteiger partial charge in [0.15, 0.2) is 5.78 Å². The van der Waals surface area contributed by atoms with E-state index in [-0.39, 0.29) is 11.7 Å². The summed E-state index contributed by atoms with van der Waals surface area (Å²) in [4.78, 5) is 27.5. The largest absolute Gasteiger partial charge is 0.361 e. The second-order valence-electron chi connectivity index (χ2n) is 6.77. The molecule has 0 radical (unpaired) electrons. The summed E-state index contributed by atoms with van der Waals surface area (Å²) in [5, 5.41) is 3.90. The minimum atomic E-state index is -0.576. The average Bonchev–Trinajstić information content (AvgIpc) is 3.02. The first-order valence-electron chi connectivity index (χ1n) is 9.49. The third-order valence-electron chi connectivity index (χ3n) is 4.65. The van der Waals surface area contributed by atoms with E-state index in [0.29, 0.717) is 6.42 Å². The number of Topliss-reactive ketones (excluding diaryl/α,β-unsaturated/α-hetero) is 1. The number of fused-ring (bicyclic) bond motifs is 1. The number of aromatic amines is 1. The van der Waals surface area contributed by atoms with Crippen LogP contribution in [0.1, 0.15) is 76.8 Å². The van der Waals surface area contributed by atoms with Crippen molar-refractivity contribution in [2.75, 3.05) is 0 Å². The predicted octanol–water partition coefficient (Wildman–Crippen LogP) is 5.05. The number of H-pyrrole nitrogens is 1. The van der Waals surface area contributed by atoms with Crippen LogP contribution in [0.5, 0.6) is 0 Å². The second-order valence-corrected chi connectivity index (χ2v) is 6.77. The molecule has 0 fully saturated rings. The molecule has 0 aliphatic heterocycles. The Labute approximate surface area is 150 Å². The Bertz CT molecular complexity index is 690. The van der Waals surface area contributed by atoms with Gasteiger partial charge in [0, 0.05) is 29.1 Å². The number of para-hydroxylation sites is 1. The highest BCUT2D eigenvalue weighted by molar-refractivity contribution is 5.94. The average molecular weight is 342 g/mol. The van der Waals surface area contributed by atoms with Gasteiger partial charge in [0.1, 0.15) is 6.04 Å². The predicted molar refractivity (Wildman–Crippen MR) is 102 cm³/mol. The van der Waals surface area contributed by atoms with Crippen molar-refractivity contribution in [3.63, 3.8) is 0 Å². The number of ketones is 1. The first-order chi connectivity index (χ1) is 12.1. The lowest BCUT2D eigenvalue weighted by Crippen LogP contribution is -2.32. The lowest BCUT2D eigenvalue weighted by Gasteiger charge is -2.15. The van der Waals surface area contributed by atoms with Gasteiger partial charge < -0.3 is 10.3 Å². The third kappa shape index (κ3) is 5.73. The topological polar surface area (TPSA) is 62.0 Å². The molecule has 0 aliphatic carbocycles. The van der Waals surface area contributed by atoms with Crippen LogP contribution >= 0.6 is 0 Å². The molecule has 2 N–H and O–H groups in total. The summed E-state index contributed by atoms with van der Waals surface area (Å²) in [6.07, 6.45) is 10.5. The van der Waals surface area contributed by atoms with E-state index in [1.165, 1.54) is 39.0 Å². The van der Waals surface area contributed by atoms with E-state index in [9.17, 15) is 9.59 Å². The van der Waals surface area contributed by atoms with Gasteiger partial charge in [-0.15, -0.1) is 0 Å². The van der Waals surface area contributed by atoms with Crippen molar-refractivity contribution in [3.8, 4) is 0 Å². The number of carbonyl (C=O) groups excluding carboxylic acids is 2. The van der Waals surface area contributed by atoms with Gasteiger partial charge in [0.05, 0.1) is 0 Å². The van der Waals surface area contributed by atoms with Gasteiger partial charge in [-0.05, 0) is 19.4 Å². The highest BCUT2D eigenvalue weighted by atomic mass is 16.2. The van der Waals surface area contributed by atoms with Crippen molar-refractivity contribution in [3.05, 3.63) is 36.0 Å². The first-order valence-corrected chi connectivity index (χ1v) is 9.49. The lowest BCUT2D eigenvalue weighted by atomic mass is 10.0. The number of hydrogen-bond donors (Lipinski definition) is 2. The van der Waals surface area contributed by atoms with Gasteiger partial charge in [-0.2, -0.15) is 0 Å². The molecule has 0 saturated carbocycles. The molecule has 4 nitrogen and oxygen atoms in total. The molecule has 1 amide bonds. The van der Waals surface area contributed by atoms with Gasteiger partial charge in [0.2, 0.25) is 5.91 Å². The molecule has 0 spiro atoms. The van der Waals surface area contributed by atoms with Crippen molar-refractivity contribution in [2.45, 2.75) is 71.3 Å². The minimum absolute atomic E-state index is 0.0426. The van der Waals surface area contributed by atoms with Crippen LogP contribution in [0.15, 0.2) is 30.5 Å². The number of unbranched alkanes of at least 4 members (excludes halogenated alkanes) is 6. The third-order valence-corrected chi connectivity index (χ3v) is 4.65. The summed E-state index contributed by atoms with van der Waals surface area (Å²) >= 11 is 0. The number of hydrogen-bond acceptors (Lipinski definition) is 2. The van der Waals surface area contributed by atoms with E-state index >= 15 is 0 Å². The number of rotatable bonds is 11. The zero-order valence-electron chi connectivity index (χ0n) is 15.4. The van der Waals surface area contributed by atoms with E-state index in [2.05, 4.69) is 17.2 Å². The lowest BCUT2D eigenvalue weighted by molar-refractivity contribution is -0.127. The molecule has 1 atom stereocenters. The van der Waals surface area contributed by atoms with Crippen LogP contribution in [-0.4, -0.2) is 16.7 Å². The van der Waals surface area contributed by atoms with Crippen LogP contribution in [0.25, 0.3) is 10.9 Å². The van der Waals surface area contributed by atoms with Gasteiger partial charge in [-0.25, -0.2) is 0 Å². The van der Waals surface area contributed by atoms with Gasteiger partial charge in [0.25, 0.3) is 0 Å². The standard InChI is InChI=1S/C21H30N2O2/c1-3-4-5-6-7-8-9-14-20(25)23-21(16(2)24)18-15-22-19-13-11-10-12-17(18)19/h10-13,15,21-22H,3-9,14H2,1-2H3,(H,23,25). The van der Waals surface area contributed by atoms with E-state index in [1.807, 2.05) is 30.5 Å². The van der Waals surface area contributed by atoms with Gasteiger partial charge in [-0.3, -0.25) is 9.59 Å². The molecule has 2 aromatic rings. The molecule has 0 aliphatic rings. The summed E-state index contributed by atoms with van der Waals surface area (Å²) in [6, 6.07) is 7.26. The maximum absolute atomic E-state index is 12.3. The first kappa shape index (κ1) is 19.2. The monoisotopic (exact) mass is 342 g/mol. The van der Waals surface area contributed by atoms with Crippen molar-refractivity contribution < 1.29 is 9.59 Å². The number of benzene rings is 1. The summed E-state index contributed by atoms with van der Waals surface area (Å²) in [7, 11) is 0. The van der Waals surface area contributed by atoms with E-state index in [0.717, 1.165) is 29.3 Å². The summed E-state index contributed by atoms with van der Waals surface area (Å²) < 4.78 is 0. The summed E-state index contributed by atoms with van der Waals surface area (Å²) in [6.45, 7) is 3.74. The van der Waals surface area contributed by atoms with Crippen LogP contribution in [0, 0.1) is 0 Å². The molecule has 1 heterocycles. The Morgan fingerprint density at radius 1 is 1.04 bits per heavy atom.